The van der Waals surface area contributed by atoms with Crippen LogP contribution >= 0.6 is 34.5 Å². The van der Waals surface area contributed by atoms with Crippen LogP contribution in [0.2, 0.25) is 8.67 Å². The quantitative estimate of drug-likeness (QED) is 0.474. The molecule has 0 saturated carbocycles. The molecule has 0 aliphatic heterocycles. The topological polar surface area (TPSA) is 37.3 Å². The van der Waals surface area contributed by atoms with Gasteiger partial charge in [0, 0.05) is 6.08 Å². The lowest BCUT2D eigenvalue weighted by atomic mass is 10.2. The number of ketones is 1. The maximum atomic E-state index is 11.1. The van der Waals surface area contributed by atoms with Crippen molar-refractivity contribution in [3.8, 4) is 0 Å². The molecule has 1 N–H and O–H groups in total. The predicted molar refractivity (Wildman–Crippen MR) is 50.4 cm³/mol. The summed E-state index contributed by atoms with van der Waals surface area (Å²) in [7, 11) is 0. The van der Waals surface area contributed by atoms with Crippen molar-refractivity contribution in [2.45, 2.75) is 0 Å². The number of allylic oxidation sites excluding steroid dienone is 1. The first-order valence-corrected chi connectivity index (χ1v) is 4.52. The first-order chi connectivity index (χ1) is 5.65. The summed E-state index contributed by atoms with van der Waals surface area (Å²) < 4.78 is 0.790. The molecule has 0 fully saturated rings. The largest absolute Gasteiger partial charge is 0.515 e. The molecule has 2 nitrogen and oxygen atoms in total. The zero-order chi connectivity index (χ0) is 9.14. The number of hydrogen-bond acceptors (Lipinski definition) is 3. The number of hydrogen-bond donors (Lipinski definition) is 1. The predicted octanol–water partition coefficient (Wildman–Crippen LogP) is 3.31. The Balaban J connectivity index is 3.02. The second kappa shape index (κ2) is 3.94. The van der Waals surface area contributed by atoms with E-state index in [0.29, 0.717) is 20.5 Å². The molecule has 12 heavy (non-hydrogen) atoms. The van der Waals surface area contributed by atoms with Crippen LogP contribution in [-0.2, 0) is 0 Å². The molecule has 1 heterocycles. The van der Waals surface area contributed by atoms with E-state index in [1.807, 2.05) is 0 Å². The highest BCUT2D eigenvalue weighted by molar-refractivity contribution is 7.20. The average Bonchev–Trinajstić information content (AvgIpc) is 2.30. The van der Waals surface area contributed by atoms with Crippen molar-refractivity contribution in [3.63, 3.8) is 0 Å². The number of aliphatic hydroxyl groups is 1. The summed E-state index contributed by atoms with van der Waals surface area (Å²) >= 11 is 12.4. The Morgan fingerprint density at radius 1 is 1.58 bits per heavy atom. The Kier molecular flexibility index (Phi) is 3.14. The second-order valence-electron chi connectivity index (χ2n) is 1.92. The number of carbonyl (C=O) groups is 1. The van der Waals surface area contributed by atoms with Gasteiger partial charge in [0.25, 0.3) is 0 Å². The van der Waals surface area contributed by atoms with Gasteiger partial charge < -0.3 is 5.11 Å². The SMILES string of the molecule is O=C(/C=C/O)c1cc(Cl)sc1Cl. The summed E-state index contributed by atoms with van der Waals surface area (Å²) in [6.45, 7) is 0. The fraction of sp³-hybridized carbons (Fsp3) is 0. The average molecular weight is 223 g/mol. The van der Waals surface area contributed by atoms with Crippen molar-refractivity contribution in [2.24, 2.45) is 0 Å². The van der Waals surface area contributed by atoms with Crippen molar-refractivity contribution in [1.82, 2.24) is 0 Å². The summed E-state index contributed by atoms with van der Waals surface area (Å²) in [6, 6.07) is 1.47. The van der Waals surface area contributed by atoms with Gasteiger partial charge >= 0.3 is 0 Å². The van der Waals surface area contributed by atoms with Gasteiger partial charge in [-0.2, -0.15) is 0 Å². The standard InChI is InChI=1S/C7H4Cl2O2S/c8-6-3-4(7(9)12-6)5(11)1-2-10/h1-3,10H/b2-1+. The van der Waals surface area contributed by atoms with Gasteiger partial charge in [-0.05, 0) is 6.07 Å². The van der Waals surface area contributed by atoms with Crippen molar-refractivity contribution >= 4 is 40.3 Å². The zero-order valence-electron chi connectivity index (χ0n) is 5.75. The first-order valence-electron chi connectivity index (χ1n) is 2.95. The molecule has 0 aliphatic carbocycles. The van der Waals surface area contributed by atoms with Gasteiger partial charge in [-0.1, -0.05) is 23.2 Å². The van der Waals surface area contributed by atoms with E-state index in [1.54, 1.807) is 0 Å². The molecule has 64 valence electrons. The van der Waals surface area contributed by atoms with Crippen LogP contribution in [0.15, 0.2) is 18.4 Å². The van der Waals surface area contributed by atoms with Crippen molar-refractivity contribution in [2.75, 3.05) is 0 Å². The first kappa shape index (κ1) is 9.58. The normalized spacial score (nSPS) is 10.8. The molecule has 0 amide bonds. The third kappa shape index (κ3) is 2.00. The monoisotopic (exact) mass is 222 g/mol. The molecule has 1 aromatic rings. The highest BCUT2D eigenvalue weighted by Gasteiger charge is 2.11. The van der Waals surface area contributed by atoms with Crippen LogP contribution in [0.25, 0.3) is 0 Å². The number of halogens is 2. The molecule has 0 aliphatic rings. The molecule has 0 atom stereocenters. The number of carbonyl (C=O) groups excluding carboxylic acids is 1. The second-order valence-corrected chi connectivity index (χ2v) is 4.20. The van der Waals surface area contributed by atoms with Crippen LogP contribution in [0.4, 0.5) is 0 Å². The molecule has 0 radical (unpaired) electrons. The molecule has 1 aromatic heterocycles. The van der Waals surface area contributed by atoms with Crippen LogP contribution in [0.5, 0.6) is 0 Å². The zero-order valence-corrected chi connectivity index (χ0v) is 8.08. The third-order valence-corrected chi connectivity index (χ3v) is 2.64. The molecule has 0 aromatic carbocycles. The van der Waals surface area contributed by atoms with Crippen LogP contribution in [0, 0.1) is 0 Å². The minimum atomic E-state index is -0.356. The van der Waals surface area contributed by atoms with Crippen molar-refractivity contribution in [1.29, 1.82) is 0 Å². The molecular weight excluding hydrogens is 219 g/mol. The Hall–Kier alpha value is -0.510. The summed E-state index contributed by atoms with van der Waals surface area (Å²) in [6.07, 6.45) is 1.69. The van der Waals surface area contributed by atoms with Gasteiger partial charge in [0.1, 0.15) is 4.34 Å². The maximum absolute atomic E-state index is 11.1. The van der Waals surface area contributed by atoms with Gasteiger partial charge in [-0.25, -0.2) is 0 Å². The molecular formula is C7H4Cl2O2S. The van der Waals surface area contributed by atoms with Crippen molar-refractivity contribution < 1.29 is 9.90 Å². The lowest BCUT2D eigenvalue weighted by molar-refractivity contribution is 0.104. The van der Waals surface area contributed by atoms with Gasteiger partial charge in [0.15, 0.2) is 5.78 Å². The highest BCUT2D eigenvalue weighted by atomic mass is 35.5. The van der Waals surface area contributed by atoms with Crippen LogP contribution in [-0.4, -0.2) is 10.9 Å². The number of thiophene rings is 1. The van der Waals surface area contributed by atoms with Crippen LogP contribution in [0.3, 0.4) is 0 Å². The molecule has 5 heteroatoms. The lowest BCUT2D eigenvalue weighted by Gasteiger charge is -1.87. The third-order valence-electron chi connectivity index (χ3n) is 1.15. The van der Waals surface area contributed by atoms with Gasteiger partial charge in [0.05, 0.1) is 16.2 Å². The fourth-order valence-corrected chi connectivity index (χ4v) is 2.14. The number of rotatable bonds is 2. The van der Waals surface area contributed by atoms with E-state index in [9.17, 15) is 4.79 Å². The molecule has 0 bridgehead atoms. The molecule has 0 saturated heterocycles. The van der Waals surface area contributed by atoms with E-state index in [0.717, 1.165) is 17.4 Å². The Labute approximate surface area is 83.0 Å². The summed E-state index contributed by atoms with van der Waals surface area (Å²) in [5, 5.41) is 8.32. The van der Waals surface area contributed by atoms with E-state index in [2.05, 4.69) is 0 Å². The van der Waals surface area contributed by atoms with E-state index in [1.165, 1.54) is 6.07 Å². The van der Waals surface area contributed by atoms with Crippen LogP contribution in [0.1, 0.15) is 10.4 Å². The molecule has 0 spiro atoms. The Bertz CT molecular complexity index is 330. The Morgan fingerprint density at radius 3 is 2.67 bits per heavy atom. The molecule has 1 rings (SSSR count). The Morgan fingerprint density at radius 2 is 2.25 bits per heavy atom. The van der Waals surface area contributed by atoms with E-state index >= 15 is 0 Å². The van der Waals surface area contributed by atoms with Crippen molar-refractivity contribution in [3.05, 3.63) is 32.6 Å². The lowest BCUT2D eigenvalue weighted by Crippen LogP contribution is -1.91. The van der Waals surface area contributed by atoms with E-state index < -0.39 is 0 Å². The molecule has 0 unspecified atom stereocenters. The van der Waals surface area contributed by atoms with Gasteiger partial charge in [-0.15, -0.1) is 11.3 Å². The van der Waals surface area contributed by atoms with Gasteiger partial charge in [-0.3, -0.25) is 4.79 Å². The number of aliphatic hydroxyl groups excluding tert-OH is 1. The maximum Gasteiger partial charge on any atom is 0.191 e. The minimum absolute atomic E-state index is 0.317. The minimum Gasteiger partial charge on any atom is -0.515 e. The van der Waals surface area contributed by atoms with Crippen LogP contribution < -0.4 is 0 Å². The van der Waals surface area contributed by atoms with Gasteiger partial charge in [0.2, 0.25) is 0 Å². The summed E-state index contributed by atoms with van der Waals surface area (Å²) in [5.41, 5.74) is 0.317. The van der Waals surface area contributed by atoms with E-state index in [4.69, 9.17) is 28.3 Å². The smallest absolute Gasteiger partial charge is 0.191 e. The fourth-order valence-electron chi connectivity index (χ4n) is 0.666. The summed E-state index contributed by atoms with van der Waals surface area (Å²) in [4.78, 5) is 11.1. The van der Waals surface area contributed by atoms with E-state index in [-0.39, 0.29) is 5.78 Å². The summed E-state index contributed by atoms with van der Waals surface area (Å²) in [5.74, 6) is -0.356. The highest BCUT2D eigenvalue weighted by Crippen LogP contribution is 2.31.